The Morgan fingerprint density at radius 1 is 1.08 bits per heavy atom. The molecule has 0 atom stereocenters. The van der Waals surface area contributed by atoms with E-state index in [2.05, 4.69) is 6.58 Å². The van der Waals surface area contributed by atoms with Crippen LogP contribution in [0, 0.1) is 0 Å². The standard InChI is InChI=1S/C12H20O4.C6H9NO/c1-3-5-9-15-11(13)7-8-12(14)16-10-6-4-2;1-2-7-5-3-4-6(7)8/h7-8H,3-6,9-10H2,1-2H3;2H,1,3-5H2/b8-7-;. The lowest BCUT2D eigenvalue weighted by atomic mass is 10.4. The summed E-state index contributed by atoms with van der Waals surface area (Å²) in [6.07, 6.45) is 9.09. The van der Waals surface area contributed by atoms with Crippen LogP contribution in [0.15, 0.2) is 24.9 Å². The molecule has 1 amide bonds. The maximum absolute atomic E-state index is 11.0. The SMILES string of the molecule is C=CN1CCCC1=O.CCCCOC(=O)/C=C\C(=O)OCCCC. The molecule has 136 valence electrons. The second-order valence-electron chi connectivity index (χ2n) is 5.25. The van der Waals surface area contributed by atoms with Crippen molar-refractivity contribution in [1.82, 2.24) is 4.90 Å². The predicted molar refractivity (Wildman–Crippen MR) is 92.0 cm³/mol. The van der Waals surface area contributed by atoms with Crippen LogP contribution in [0.4, 0.5) is 0 Å². The summed E-state index contributed by atoms with van der Waals surface area (Å²) in [5.41, 5.74) is 0. The summed E-state index contributed by atoms with van der Waals surface area (Å²) in [5, 5.41) is 0. The van der Waals surface area contributed by atoms with E-state index in [0.29, 0.717) is 19.6 Å². The molecule has 0 aliphatic carbocycles. The maximum Gasteiger partial charge on any atom is 0.331 e. The van der Waals surface area contributed by atoms with Gasteiger partial charge in [-0.3, -0.25) is 4.79 Å². The predicted octanol–water partition coefficient (Wildman–Crippen LogP) is 2.98. The fourth-order valence-electron chi connectivity index (χ4n) is 1.73. The molecule has 0 aromatic carbocycles. The van der Waals surface area contributed by atoms with E-state index in [9.17, 15) is 14.4 Å². The quantitative estimate of drug-likeness (QED) is 0.367. The number of ether oxygens (including phenoxy) is 2. The van der Waals surface area contributed by atoms with Crippen LogP contribution in [0.3, 0.4) is 0 Å². The average molecular weight is 339 g/mol. The number of esters is 2. The molecule has 1 saturated heterocycles. The molecule has 6 nitrogen and oxygen atoms in total. The molecular formula is C18H29NO5. The second kappa shape index (κ2) is 14.5. The highest BCUT2D eigenvalue weighted by Gasteiger charge is 2.16. The van der Waals surface area contributed by atoms with Gasteiger partial charge in [-0.15, -0.1) is 0 Å². The molecule has 1 rings (SSSR count). The number of unbranched alkanes of at least 4 members (excludes halogenated alkanes) is 2. The molecule has 6 heteroatoms. The van der Waals surface area contributed by atoms with Crippen LogP contribution in [0.25, 0.3) is 0 Å². The number of likely N-dealkylation sites (tertiary alicyclic amines) is 1. The van der Waals surface area contributed by atoms with Crippen LogP contribution in [0.5, 0.6) is 0 Å². The first-order valence-corrected chi connectivity index (χ1v) is 8.48. The highest BCUT2D eigenvalue weighted by atomic mass is 16.5. The number of amides is 1. The van der Waals surface area contributed by atoms with Gasteiger partial charge in [0.2, 0.25) is 5.91 Å². The van der Waals surface area contributed by atoms with Crippen molar-refractivity contribution in [3.05, 3.63) is 24.9 Å². The van der Waals surface area contributed by atoms with Gasteiger partial charge in [0.05, 0.1) is 13.2 Å². The molecular weight excluding hydrogens is 310 g/mol. The van der Waals surface area contributed by atoms with Crippen LogP contribution < -0.4 is 0 Å². The van der Waals surface area contributed by atoms with Gasteiger partial charge >= 0.3 is 11.9 Å². The smallest absolute Gasteiger partial charge is 0.331 e. The van der Waals surface area contributed by atoms with Crippen molar-refractivity contribution in [3.8, 4) is 0 Å². The fourth-order valence-corrected chi connectivity index (χ4v) is 1.73. The zero-order valence-electron chi connectivity index (χ0n) is 14.8. The summed E-state index contributed by atoms with van der Waals surface area (Å²) < 4.78 is 9.65. The van der Waals surface area contributed by atoms with E-state index in [-0.39, 0.29) is 5.91 Å². The Hall–Kier alpha value is -2.11. The van der Waals surface area contributed by atoms with Crippen LogP contribution in [0.2, 0.25) is 0 Å². The van der Waals surface area contributed by atoms with Crippen LogP contribution in [-0.2, 0) is 23.9 Å². The van der Waals surface area contributed by atoms with E-state index in [0.717, 1.165) is 50.8 Å². The number of hydrogen-bond acceptors (Lipinski definition) is 5. The number of carbonyl (C=O) groups excluding carboxylic acids is 3. The number of carbonyl (C=O) groups is 3. The highest BCUT2D eigenvalue weighted by molar-refractivity contribution is 5.91. The van der Waals surface area contributed by atoms with Gasteiger partial charge in [-0.05, 0) is 25.5 Å². The summed E-state index contributed by atoms with van der Waals surface area (Å²) in [7, 11) is 0. The number of nitrogens with zero attached hydrogens (tertiary/aromatic N) is 1. The third-order valence-corrected chi connectivity index (χ3v) is 3.17. The van der Waals surface area contributed by atoms with E-state index in [1.165, 1.54) is 0 Å². The number of hydrogen-bond donors (Lipinski definition) is 0. The first-order valence-electron chi connectivity index (χ1n) is 8.48. The monoisotopic (exact) mass is 339 g/mol. The lowest BCUT2D eigenvalue weighted by molar-refractivity contribution is -0.140. The Morgan fingerprint density at radius 3 is 1.88 bits per heavy atom. The van der Waals surface area contributed by atoms with Crippen molar-refractivity contribution in [3.63, 3.8) is 0 Å². The molecule has 1 aliphatic heterocycles. The van der Waals surface area contributed by atoms with Crippen molar-refractivity contribution < 1.29 is 23.9 Å². The third-order valence-electron chi connectivity index (χ3n) is 3.17. The molecule has 0 unspecified atom stereocenters. The molecule has 1 aliphatic rings. The normalized spacial score (nSPS) is 13.4. The van der Waals surface area contributed by atoms with Crippen molar-refractivity contribution in [2.45, 2.75) is 52.4 Å². The van der Waals surface area contributed by atoms with Gasteiger partial charge in [0.15, 0.2) is 0 Å². The minimum atomic E-state index is -0.499. The molecule has 0 radical (unpaired) electrons. The molecule has 0 saturated carbocycles. The number of rotatable bonds is 9. The van der Waals surface area contributed by atoms with Crippen LogP contribution in [0.1, 0.15) is 52.4 Å². The first kappa shape index (κ1) is 21.9. The summed E-state index contributed by atoms with van der Waals surface area (Å²) in [6, 6.07) is 0. The zero-order valence-corrected chi connectivity index (χ0v) is 14.8. The van der Waals surface area contributed by atoms with Crippen molar-refractivity contribution in [1.29, 1.82) is 0 Å². The van der Waals surface area contributed by atoms with Crippen molar-refractivity contribution >= 4 is 17.8 Å². The summed E-state index contributed by atoms with van der Waals surface area (Å²) in [5.74, 6) is -0.790. The largest absolute Gasteiger partial charge is 0.463 e. The minimum absolute atomic E-state index is 0.208. The van der Waals surface area contributed by atoms with Crippen LogP contribution >= 0.6 is 0 Å². The third kappa shape index (κ3) is 11.5. The van der Waals surface area contributed by atoms with E-state index in [4.69, 9.17) is 9.47 Å². The van der Waals surface area contributed by atoms with E-state index >= 15 is 0 Å². The Balaban J connectivity index is 0.000000546. The van der Waals surface area contributed by atoms with E-state index in [1.54, 1.807) is 11.1 Å². The topological polar surface area (TPSA) is 72.9 Å². The van der Waals surface area contributed by atoms with Crippen LogP contribution in [-0.4, -0.2) is 42.5 Å². The van der Waals surface area contributed by atoms with Gasteiger partial charge < -0.3 is 14.4 Å². The summed E-state index contributed by atoms with van der Waals surface area (Å²) >= 11 is 0. The Kier molecular flexibility index (Phi) is 13.2. The lowest BCUT2D eigenvalue weighted by Gasteiger charge is -2.05. The highest BCUT2D eigenvalue weighted by Crippen LogP contribution is 2.08. The molecule has 0 aromatic heterocycles. The summed E-state index contributed by atoms with van der Waals surface area (Å²) in [4.78, 5) is 34.4. The maximum atomic E-state index is 11.0. The van der Waals surface area contributed by atoms with Gasteiger partial charge in [-0.1, -0.05) is 33.3 Å². The zero-order chi connectivity index (χ0) is 18.2. The Morgan fingerprint density at radius 2 is 1.58 bits per heavy atom. The van der Waals surface area contributed by atoms with Crippen molar-refractivity contribution in [2.24, 2.45) is 0 Å². The average Bonchev–Trinajstić information content (AvgIpc) is 2.99. The lowest BCUT2D eigenvalue weighted by Crippen LogP contribution is -2.16. The Bertz CT molecular complexity index is 407. The van der Waals surface area contributed by atoms with Gasteiger partial charge in [0, 0.05) is 25.1 Å². The molecule has 0 aromatic rings. The van der Waals surface area contributed by atoms with Gasteiger partial charge in [0.25, 0.3) is 0 Å². The van der Waals surface area contributed by atoms with Gasteiger partial charge in [-0.25, -0.2) is 9.59 Å². The first-order chi connectivity index (χ1) is 11.5. The molecule has 0 bridgehead atoms. The van der Waals surface area contributed by atoms with Gasteiger partial charge in [0.1, 0.15) is 0 Å². The minimum Gasteiger partial charge on any atom is -0.463 e. The molecule has 1 fully saturated rings. The Labute approximate surface area is 144 Å². The van der Waals surface area contributed by atoms with Gasteiger partial charge in [-0.2, -0.15) is 0 Å². The second-order valence-corrected chi connectivity index (χ2v) is 5.25. The molecule has 0 spiro atoms. The molecule has 1 heterocycles. The summed E-state index contributed by atoms with van der Waals surface area (Å²) in [6.45, 7) is 9.17. The van der Waals surface area contributed by atoms with E-state index in [1.807, 2.05) is 13.8 Å². The molecule has 24 heavy (non-hydrogen) atoms. The fraction of sp³-hybridized carbons (Fsp3) is 0.611. The van der Waals surface area contributed by atoms with E-state index < -0.39 is 11.9 Å². The molecule has 0 N–H and O–H groups in total. The van der Waals surface area contributed by atoms with Crippen molar-refractivity contribution in [2.75, 3.05) is 19.8 Å².